The number of ether oxygens (including phenoxy) is 1. The van der Waals surface area contributed by atoms with Gasteiger partial charge in [-0.2, -0.15) is 0 Å². The summed E-state index contributed by atoms with van der Waals surface area (Å²) in [4.78, 5) is 0. The summed E-state index contributed by atoms with van der Waals surface area (Å²) in [5.41, 5.74) is 0.920. The molecule has 0 aliphatic carbocycles. The Morgan fingerprint density at radius 1 is 0.969 bits per heavy atom. The molecule has 32 heavy (non-hydrogen) atoms. The number of phosphoric ester groups is 1. The lowest BCUT2D eigenvalue weighted by atomic mass is 9.99. The third-order valence-electron chi connectivity index (χ3n) is 6.28. The molecule has 1 saturated heterocycles. The summed E-state index contributed by atoms with van der Waals surface area (Å²) in [7, 11) is -3.57. The van der Waals surface area contributed by atoms with E-state index in [2.05, 4.69) is 27.4 Å². The van der Waals surface area contributed by atoms with Crippen molar-refractivity contribution < 1.29 is 22.9 Å². The molecule has 0 bridgehead atoms. The highest BCUT2D eigenvalue weighted by molar-refractivity contribution is 7.48. The molecule has 2 aliphatic rings. The first kappa shape index (κ1) is 27.5. The maximum absolute atomic E-state index is 13.0. The van der Waals surface area contributed by atoms with Crippen LogP contribution in [0, 0.1) is 11.8 Å². The van der Waals surface area contributed by atoms with Crippen LogP contribution < -0.4 is 0 Å². The molecule has 1 fully saturated rings. The number of allylic oxidation sites excluding steroid dienone is 2. The molecule has 2 atom stereocenters. The van der Waals surface area contributed by atoms with Crippen LogP contribution in [0.25, 0.3) is 0 Å². The summed E-state index contributed by atoms with van der Waals surface area (Å²) in [6.07, 6.45) is 17.0. The van der Waals surface area contributed by atoms with E-state index in [1.807, 2.05) is 0 Å². The minimum atomic E-state index is -3.57. The fourth-order valence-corrected chi connectivity index (χ4v) is 5.74. The van der Waals surface area contributed by atoms with Crippen LogP contribution in [-0.2, 0) is 22.9 Å². The monoisotopic (exact) mass is 470 g/mol. The standard InChI is InChI=1S/C26H47O5P/c1-5-17-25-26-23(4)28-20-24(26)21-30-32(27,31-25)29-19-16-14-12-10-8-6-7-9-11-13-15-18-22(2)3/h22,24H,4-21H2,1-3H3. The zero-order valence-electron chi connectivity index (χ0n) is 20.9. The number of hydrogen-bond donors (Lipinski definition) is 0. The van der Waals surface area contributed by atoms with Gasteiger partial charge in [0, 0.05) is 17.9 Å². The highest BCUT2D eigenvalue weighted by Gasteiger charge is 2.40. The second-order valence-electron chi connectivity index (χ2n) is 9.76. The molecule has 2 heterocycles. The molecule has 0 aromatic carbocycles. The average Bonchev–Trinajstić information content (AvgIpc) is 3.05. The van der Waals surface area contributed by atoms with Gasteiger partial charge in [-0.1, -0.05) is 98.0 Å². The van der Waals surface area contributed by atoms with Gasteiger partial charge >= 0.3 is 7.82 Å². The Morgan fingerprint density at radius 3 is 2.16 bits per heavy atom. The van der Waals surface area contributed by atoms with Crippen LogP contribution >= 0.6 is 7.82 Å². The Morgan fingerprint density at radius 2 is 1.56 bits per heavy atom. The van der Waals surface area contributed by atoms with Crippen LogP contribution in [0.15, 0.2) is 23.7 Å². The summed E-state index contributed by atoms with van der Waals surface area (Å²) in [5, 5.41) is 0. The van der Waals surface area contributed by atoms with Gasteiger partial charge in [0.15, 0.2) is 0 Å². The van der Waals surface area contributed by atoms with E-state index in [0.717, 1.165) is 30.8 Å². The molecule has 0 spiro atoms. The third kappa shape index (κ3) is 10.0. The lowest BCUT2D eigenvalue weighted by Crippen LogP contribution is -2.09. The first-order valence-electron chi connectivity index (χ1n) is 13.1. The van der Waals surface area contributed by atoms with Gasteiger partial charge in [0.25, 0.3) is 0 Å². The molecule has 0 amide bonds. The van der Waals surface area contributed by atoms with Gasteiger partial charge in [-0.3, -0.25) is 9.05 Å². The average molecular weight is 471 g/mol. The Balaban J connectivity index is 1.53. The maximum atomic E-state index is 13.0. The minimum absolute atomic E-state index is 0.0310. The van der Waals surface area contributed by atoms with Crippen LogP contribution in [-0.4, -0.2) is 19.8 Å². The second-order valence-corrected chi connectivity index (χ2v) is 11.4. The maximum Gasteiger partial charge on any atom is 0.529 e. The predicted molar refractivity (Wildman–Crippen MR) is 131 cm³/mol. The number of phosphoric acid groups is 1. The van der Waals surface area contributed by atoms with Gasteiger partial charge < -0.3 is 9.26 Å². The molecular formula is C26H47O5P. The normalized spacial score (nSPS) is 23.2. The van der Waals surface area contributed by atoms with E-state index < -0.39 is 7.82 Å². The number of fused-ring (bicyclic) bond motifs is 1. The van der Waals surface area contributed by atoms with Crippen LogP contribution in [0.1, 0.15) is 111 Å². The van der Waals surface area contributed by atoms with E-state index in [0.29, 0.717) is 31.2 Å². The zero-order valence-corrected chi connectivity index (χ0v) is 21.8. The molecule has 0 saturated carbocycles. The summed E-state index contributed by atoms with van der Waals surface area (Å²) >= 11 is 0. The van der Waals surface area contributed by atoms with Crippen LogP contribution in [0.5, 0.6) is 0 Å². The molecular weight excluding hydrogens is 423 g/mol. The molecule has 6 heteroatoms. The van der Waals surface area contributed by atoms with Crippen molar-refractivity contribution in [2.45, 2.75) is 111 Å². The minimum Gasteiger partial charge on any atom is -0.493 e. The van der Waals surface area contributed by atoms with Crippen molar-refractivity contribution in [2.24, 2.45) is 11.8 Å². The van der Waals surface area contributed by atoms with E-state index >= 15 is 0 Å². The molecule has 2 aliphatic heterocycles. The summed E-state index contributed by atoms with van der Waals surface area (Å²) in [6.45, 7) is 11.8. The summed E-state index contributed by atoms with van der Waals surface area (Å²) in [5.74, 6) is 2.16. The summed E-state index contributed by atoms with van der Waals surface area (Å²) < 4.78 is 35.6. The van der Waals surface area contributed by atoms with E-state index in [1.54, 1.807) is 0 Å². The van der Waals surface area contributed by atoms with Crippen molar-refractivity contribution in [1.82, 2.24) is 0 Å². The molecule has 2 rings (SSSR count). The number of unbranched alkanes of at least 4 members (excludes halogenated alkanes) is 10. The van der Waals surface area contributed by atoms with E-state index in [4.69, 9.17) is 18.3 Å². The number of rotatable bonds is 17. The smallest absolute Gasteiger partial charge is 0.493 e. The van der Waals surface area contributed by atoms with Crippen molar-refractivity contribution >= 4 is 7.82 Å². The lowest BCUT2D eigenvalue weighted by molar-refractivity contribution is 0.121. The van der Waals surface area contributed by atoms with E-state index in [1.165, 1.54) is 64.2 Å². The van der Waals surface area contributed by atoms with Crippen LogP contribution in [0.4, 0.5) is 0 Å². The topological polar surface area (TPSA) is 54.0 Å². The van der Waals surface area contributed by atoms with Crippen LogP contribution in [0.3, 0.4) is 0 Å². The van der Waals surface area contributed by atoms with Gasteiger partial charge in [-0.15, -0.1) is 0 Å². The van der Waals surface area contributed by atoms with Crippen molar-refractivity contribution in [3.05, 3.63) is 23.7 Å². The molecule has 0 aromatic heterocycles. The van der Waals surface area contributed by atoms with E-state index in [-0.39, 0.29) is 12.5 Å². The third-order valence-corrected chi connectivity index (χ3v) is 7.68. The lowest BCUT2D eigenvalue weighted by Gasteiger charge is -2.18. The Kier molecular flexibility index (Phi) is 13.0. The highest BCUT2D eigenvalue weighted by Crippen LogP contribution is 2.56. The van der Waals surface area contributed by atoms with Crippen molar-refractivity contribution in [1.29, 1.82) is 0 Å². The molecule has 5 nitrogen and oxygen atoms in total. The Labute approximate surface area is 196 Å². The van der Waals surface area contributed by atoms with Gasteiger partial charge in [0.2, 0.25) is 0 Å². The fourth-order valence-electron chi connectivity index (χ4n) is 4.39. The van der Waals surface area contributed by atoms with Crippen molar-refractivity contribution in [3.63, 3.8) is 0 Å². The van der Waals surface area contributed by atoms with Crippen LogP contribution in [0.2, 0.25) is 0 Å². The first-order valence-corrected chi connectivity index (χ1v) is 14.5. The quantitative estimate of drug-likeness (QED) is 0.157. The predicted octanol–water partition coefficient (Wildman–Crippen LogP) is 8.71. The first-order chi connectivity index (χ1) is 15.4. The van der Waals surface area contributed by atoms with Gasteiger partial charge in [-0.05, 0) is 18.8 Å². The molecule has 186 valence electrons. The van der Waals surface area contributed by atoms with Crippen molar-refractivity contribution in [3.8, 4) is 0 Å². The largest absolute Gasteiger partial charge is 0.529 e. The Bertz CT molecular complexity index is 628. The zero-order chi connectivity index (χ0) is 23.2. The highest BCUT2D eigenvalue weighted by atomic mass is 31.2. The van der Waals surface area contributed by atoms with Gasteiger partial charge in [-0.25, -0.2) is 4.57 Å². The Hall–Kier alpha value is -0.770. The van der Waals surface area contributed by atoms with Gasteiger partial charge in [0.05, 0.1) is 19.8 Å². The molecule has 0 radical (unpaired) electrons. The second kappa shape index (κ2) is 15.2. The SMILES string of the molecule is C=C1OCC2COP(=O)(OCCCCCCCCCCCCCC(C)C)OC(CCC)=C12. The fraction of sp³-hybridized carbons (Fsp3) is 0.846. The van der Waals surface area contributed by atoms with E-state index in [9.17, 15) is 4.57 Å². The van der Waals surface area contributed by atoms with Gasteiger partial charge in [0.1, 0.15) is 11.5 Å². The molecule has 0 N–H and O–H groups in total. The molecule has 2 unspecified atom stereocenters. The number of hydrogen-bond acceptors (Lipinski definition) is 5. The van der Waals surface area contributed by atoms with Crippen molar-refractivity contribution in [2.75, 3.05) is 19.8 Å². The summed E-state index contributed by atoms with van der Waals surface area (Å²) in [6, 6.07) is 0. The molecule has 0 aromatic rings.